The van der Waals surface area contributed by atoms with Gasteiger partial charge in [-0.3, -0.25) is 0 Å². The second kappa shape index (κ2) is 6.12. The number of nitrogen functional groups attached to an aromatic ring is 1. The summed E-state index contributed by atoms with van der Waals surface area (Å²) in [5, 5.41) is 4.38. The normalized spacial score (nSPS) is 23.6. The van der Waals surface area contributed by atoms with Gasteiger partial charge in [-0.1, -0.05) is 6.92 Å². The van der Waals surface area contributed by atoms with E-state index < -0.39 is 0 Å². The first-order valence-electron chi connectivity index (χ1n) is 6.12. The molecule has 1 saturated carbocycles. The Morgan fingerprint density at radius 2 is 2.41 bits per heavy atom. The molecule has 2 rings (SSSR count). The van der Waals surface area contributed by atoms with Crippen molar-refractivity contribution < 1.29 is 0 Å². The number of hydrogen-bond acceptors (Lipinski definition) is 5. The summed E-state index contributed by atoms with van der Waals surface area (Å²) in [6.07, 6.45) is 5.60. The molecular weight excluding hydrogens is 232 g/mol. The molecule has 0 aromatic carbocycles. The first-order valence-corrected chi connectivity index (χ1v) is 7.17. The zero-order valence-corrected chi connectivity index (χ0v) is 11.0. The summed E-state index contributed by atoms with van der Waals surface area (Å²) in [4.78, 5) is 4.10. The molecule has 2 unspecified atom stereocenters. The number of thioether (sulfide) groups is 1. The van der Waals surface area contributed by atoms with Gasteiger partial charge in [0.05, 0.1) is 0 Å². The van der Waals surface area contributed by atoms with Crippen LogP contribution in [0, 0.1) is 0 Å². The molecule has 5 heteroatoms. The molecule has 1 aliphatic rings. The monoisotopic (exact) mass is 252 g/mol. The van der Waals surface area contributed by atoms with Crippen LogP contribution in [-0.2, 0) is 0 Å². The lowest BCUT2D eigenvalue weighted by atomic mass is 10.2. The Balaban J connectivity index is 1.88. The van der Waals surface area contributed by atoms with E-state index in [0.29, 0.717) is 11.9 Å². The summed E-state index contributed by atoms with van der Waals surface area (Å²) >= 11 is 2.08. The third-order valence-electron chi connectivity index (χ3n) is 3.07. The predicted molar refractivity (Wildman–Crippen MR) is 75.2 cm³/mol. The van der Waals surface area contributed by atoms with Crippen molar-refractivity contribution in [1.29, 1.82) is 0 Å². The molecule has 1 aromatic rings. The number of pyridine rings is 1. The van der Waals surface area contributed by atoms with Crippen molar-refractivity contribution in [2.45, 2.75) is 37.5 Å². The highest BCUT2D eigenvalue weighted by molar-refractivity contribution is 7.99. The highest BCUT2D eigenvalue weighted by Crippen LogP contribution is 2.31. The third kappa shape index (κ3) is 3.51. The summed E-state index contributed by atoms with van der Waals surface area (Å²) in [6, 6.07) is 4.52. The van der Waals surface area contributed by atoms with Gasteiger partial charge < -0.3 is 10.7 Å². The van der Waals surface area contributed by atoms with Crippen LogP contribution in [0.25, 0.3) is 0 Å². The Morgan fingerprint density at radius 3 is 3.18 bits per heavy atom. The first kappa shape index (κ1) is 12.5. The van der Waals surface area contributed by atoms with Crippen LogP contribution in [0.3, 0.4) is 0 Å². The highest BCUT2D eigenvalue weighted by atomic mass is 32.2. The van der Waals surface area contributed by atoms with Crippen molar-refractivity contribution in [1.82, 2.24) is 4.98 Å². The summed E-state index contributed by atoms with van der Waals surface area (Å²) in [5.41, 5.74) is 3.66. The van der Waals surface area contributed by atoms with E-state index >= 15 is 0 Å². The molecule has 4 nitrogen and oxygen atoms in total. The van der Waals surface area contributed by atoms with Gasteiger partial charge in [-0.25, -0.2) is 10.8 Å². The van der Waals surface area contributed by atoms with Crippen LogP contribution in [0.2, 0.25) is 0 Å². The minimum atomic E-state index is 0.590. The second-order valence-corrected chi connectivity index (χ2v) is 5.88. The minimum Gasteiger partial charge on any atom is -0.382 e. The molecule has 17 heavy (non-hydrogen) atoms. The van der Waals surface area contributed by atoms with E-state index in [0.717, 1.165) is 10.9 Å². The summed E-state index contributed by atoms with van der Waals surface area (Å²) in [6.45, 7) is 2.23. The Hall–Kier alpha value is -0.940. The Morgan fingerprint density at radius 1 is 1.53 bits per heavy atom. The van der Waals surface area contributed by atoms with E-state index in [4.69, 9.17) is 5.84 Å². The van der Waals surface area contributed by atoms with Gasteiger partial charge in [0.1, 0.15) is 5.82 Å². The number of anilines is 2. The number of nitrogens with two attached hydrogens (primary N) is 1. The number of hydrogen-bond donors (Lipinski definition) is 3. The van der Waals surface area contributed by atoms with Crippen molar-refractivity contribution in [3.63, 3.8) is 0 Å². The van der Waals surface area contributed by atoms with Gasteiger partial charge >= 0.3 is 0 Å². The number of aromatic nitrogens is 1. The molecule has 1 aliphatic carbocycles. The fourth-order valence-electron chi connectivity index (χ4n) is 2.29. The van der Waals surface area contributed by atoms with Gasteiger partial charge in [0, 0.05) is 29.2 Å². The van der Waals surface area contributed by atoms with Crippen molar-refractivity contribution in [2.75, 3.05) is 16.5 Å². The van der Waals surface area contributed by atoms with Gasteiger partial charge in [0.25, 0.3) is 0 Å². The van der Waals surface area contributed by atoms with Crippen LogP contribution >= 0.6 is 11.8 Å². The average Bonchev–Trinajstić information content (AvgIpc) is 2.77. The molecule has 0 bridgehead atoms. The second-order valence-electron chi connectivity index (χ2n) is 4.31. The van der Waals surface area contributed by atoms with Gasteiger partial charge in [-0.2, -0.15) is 11.8 Å². The smallest absolute Gasteiger partial charge is 0.141 e. The first-order chi connectivity index (χ1) is 8.31. The third-order valence-corrected chi connectivity index (χ3v) is 4.30. The number of nitrogens with zero attached hydrogens (tertiary/aromatic N) is 1. The van der Waals surface area contributed by atoms with Crippen molar-refractivity contribution in [3.05, 3.63) is 18.3 Å². The average molecular weight is 252 g/mol. The molecule has 2 atom stereocenters. The Kier molecular flexibility index (Phi) is 4.50. The molecule has 0 amide bonds. The largest absolute Gasteiger partial charge is 0.382 e. The fraction of sp³-hybridized carbons (Fsp3) is 0.583. The molecule has 1 aromatic heterocycles. The van der Waals surface area contributed by atoms with Crippen molar-refractivity contribution >= 4 is 23.3 Å². The Labute approximate surface area is 107 Å². The lowest BCUT2D eigenvalue weighted by Gasteiger charge is -2.14. The number of nitrogens with one attached hydrogen (secondary N) is 2. The maximum absolute atomic E-state index is 5.34. The zero-order chi connectivity index (χ0) is 12.1. The van der Waals surface area contributed by atoms with Crippen molar-refractivity contribution in [3.8, 4) is 0 Å². The van der Waals surface area contributed by atoms with Crippen LogP contribution in [0.1, 0.15) is 26.2 Å². The fourth-order valence-corrected chi connectivity index (χ4v) is 3.44. The van der Waals surface area contributed by atoms with E-state index in [-0.39, 0.29) is 0 Å². The van der Waals surface area contributed by atoms with Crippen LogP contribution in [-0.4, -0.2) is 22.0 Å². The molecule has 1 heterocycles. The van der Waals surface area contributed by atoms with E-state index in [1.54, 1.807) is 6.20 Å². The predicted octanol–water partition coefficient (Wildman–Crippen LogP) is 2.45. The summed E-state index contributed by atoms with van der Waals surface area (Å²) in [5.74, 6) is 7.26. The van der Waals surface area contributed by atoms with Crippen LogP contribution in [0.15, 0.2) is 18.3 Å². The molecular formula is C12H20N4S. The van der Waals surface area contributed by atoms with Gasteiger partial charge in [0.2, 0.25) is 0 Å². The van der Waals surface area contributed by atoms with Gasteiger partial charge in [0.15, 0.2) is 0 Å². The van der Waals surface area contributed by atoms with E-state index in [1.807, 2.05) is 12.1 Å². The Bertz CT molecular complexity index is 358. The quantitative estimate of drug-likeness (QED) is 0.555. The van der Waals surface area contributed by atoms with E-state index in [2.05, 4.69) is 34.4 Å². The van der Waals surface area contributed by atoms with E-state index in [1.165, 1.54) is 25.0 Å². The minimum absolute atomic E-state index is 0.590. The molecule has 0 spiro atoms. The maximum Gasteiger partial charge on any atom is 0.141 e. The number of rotatable bonds is 5. The SMILES string of the molecule is CCSC1CCC(Nc2ccnc(NN)c2)C1. The number of hydrazine groups is 1. The summed E-state index contributed by atoms with van der Waals surface area (Å²) < 4.78 is 0. The molecule has 1 fully saturated rings. The van der Waals surface area contributed by atoms with Crippen LogP contribution in [0.5, 0.6) is 0 Å². The van der Waals surface area contributed by atoms with Crippen LogP contribution < -0.4 is 16.6 Å². The van der Waals surface area contributed by atoms with Crippen LogP contribution in [0.4, 0.5) is 11.5 Å². The molecule has 0 aliphatic heterocycles. The lowest BCUT2D eigenvalue weighted by Crippen LogP contribution is -2.16. The summed E-state index contributed by atoms with van der Waals surface area (Å²) in [7, 11) is 0. The molecule has 0 saturated heterocycles. The van der Waals surface area contributed by atoms with Crippen molar-refractivity contribution in [2.24, 2.45) is 5.84 Å². The lowest BCUT2D eigenvalue weighted by molar-refractivity contribution is 0.757. The van der Waals surface area contributed by atoms with E-state index in [9.17, 15) is 0 Å². The molecule has 4 N–H and O–H groups in total. The van der Waals surface area contributed by atoms with Gasteiger partial charge in [-0.05, 0) is 31.1 Å². The van der Waals surface area contributed by atoms with Gasteiger partial charge in [-0.15, -0.1) is 0 Å². The highest BCUT2D eigenvalue weighted by Gasteiger charge is 2.24. The molecule has 0 radical (unpaired) electrons. The molecule has 94 valence electrons. The topological polar surface area (TPSA) is 63.0 Å². The maximum atomic E-state index is 5.34. The standard InChI is InChI=1S/C12H20N4S/c1-2-17-11-4-3-9(7-11)15-10-5-6-14-12(8-10)16-13/h5-6,8-9,11H,2-4,7,13H2,1H3,(H2,14,15,16). The zero-order valence-electron chi connectivity index (χ0n) is 10.1.